The molecule has 0 radical (unpaired) electrons. The number of rotatable bonds is 2. The molecule has 0 bridgehead atoms. The Morgan fingerprint density at radius 3 is 1.58 bits per heavy atom. The van der Waals surface area contributed by atoms with Gasteiger partial charge in [0.2, 0.25) is 11.6 Å². The molecule has 1 aromatic carbocycles. The van der Waals surface area contributed by atoms with Crippen molar-refractivity contribution in [2.24, 2.45) is 0 Å². The summed E-state index contributed by atoms with van der Waals surface area (Å²) >= 11 is 2.46. The number of hydrogen-bond acceptors (Lipinski definition) is 1. The van der Waals surface area contributed by atoms with Gasteiger partial charge in [-0.25, -0.2) is 8.78 Å². The molecule has 0 saturated heterocycles. The van der Waals surface area contributed by atoms with Crippen molar-refractivity contribution in [2.75, 3.05) is 0 Å². The third kappa shape index (κ3) is 2.96. The SMILES string of the molecule is CC(C)(C)[Si](C)(C)Oc1c(F)c(F)c(Br)c(F)c1F. The van der Waals surface area contributed by atoms with Gasteiger partial charge in [0, 0.05) is 0 Å². The lowest BCUT2D eigenvalue weighted by molar-refractivity contribution is 0.375. The maximum absolute atomic E-state index is 13.7. The summed E-state index contributed by atoms with van der Waals surface area (Å²) in [5, 5.41) is -0.355. The number of halogens is 5. The summed E-state index contributed by atoms with van der Waals surface area (Å²) < 4.78 is 58.7. The molecule has 1 nitrogen and oxygen atoms in total. The monoisotopic (exact) mass is 358 g/mol. The van der Waals surface area contributed by atoms with Gasteiger partial charge in [-0.2, -0.15) is 8.78 Å². The summed E-state index contributed by atoms with van der Waals surface area (Å²) in [7, 11) is -2.60. The average Bonchev–Trinajstić information content (AvgIpc) is 2.28. The molecule has 0 fully saturated rings. The normalized spacial score (nSPS) is 12.7. The second-order valence-corrected chi connectivity index (χ2v) is 11.3. The first-order chi connectivity index (χ1) is 8.40. The van der Waals surface area contributed by atoms with Crippen molar-refractivity contribution in [2.45, 2.75) is 38.9 Å². The van der Waals surface area contributed by atoms with Crippen LogP contribution in [0.1, 0.15) is 20.8 Å². The maximum Gasteiger partial charge on any atom is 0.250 e. The molecule has 7 heteroatoms. The van der Waals surface area contributed by atoms with Gasteiger partial charge in [-0.1, -0.05) is 20.8 Å². The van der Waals surface area contributed by atoms with Gasteiger partial charge in [-0.3, -0.25) is 0 Å². The average molecular weight is 359 g/mol. The van der Waals surface area contributed by atoms with E-state index in [1.807, 2.05) is 20.8 Å². The van der Waals surface area contributed by atoms with Gasteiger partial charge in [0.1, 0.15) is 0 Å². The highest BCUT2D eigenvalue weighted by Crippen LogP contribution is 2.40. The molecular weight excluding hydrogens is 344 g/mol. The van der Waals surface area contributed by atoms with Crippen LogP contribution in [0.3, 0.4) is 0 Å². The Balaban J connectivity index is 3.39. The van der Waals surface area contributed by atoms with Crippen molar-refractivity contribution in [3.63, 3.8) is 0 Å². The molecule has 0 aliphatic rings. The van der Waals surface area contributed by atoms with Crippen LogP contribution in [0.2, 0.25) is 18.1 Å². The quantitative estimate of drug-likeness (QED) is 0.298. The van der Waals surface area contributed by atoms with E-state index < -0.39 is 41.8 Å². The van der Waals surface area contributed by atoms with Crippen LogP contribution in [-0.2, 0) is 0 Å². The highest BCUT2D eigenvalue weighted by Gasteiger charge is 2.41. The van der Waals surface area contributed by atoms with Crippen molar-refractivity contribution in [1.29, 1.82) is 0 Å². The first-order valence-corrected chi connectivity index (χ1v) is 9.30. The van der Waals surface area contributed by atoms with Gasteiger partial charge in [-0.05, 0) is 34.1 Å². The van der Waals surface area contributed by atoms with E-state index in [-0.39, 0.29) is 5.04 Å². The smallest absolute Gasteiger partial charge is 0.250 e. The standard InChI is InChI=1S/C12H15BrF4OSi/c1-12(2,3)19(4,5)18-11-9(16)7(14)6(13)8(15)10(11)17/h1-5H3. The molecule has 19 heavy (non-hydrogen) atoms. The van der Waals surface area contributed by atoms with Gasteiger partial charge in [0.15, 0.2) is 17.4 Å². The van der Waals surface area contributed by atoms with E-state index in [2.05, 4.69) is 15.9 Å². The molecule has 0 amide bonds. The lowest BCUT2D eigenvalue weighted by Gasteiger charge is -2.36. The second kappa shape index (κ2) is 5.09. The Kier molecular flexibility index (Phi) is 4.41. The molecule has 0 aliphatic heterocycles. The Hall–Kier alpha value is -0.563. The summed E-state index contributed by atoms with van der Waals surface area (Å²) in [6, 6.07) is 0. The van der Waals surface area contributed by atoms with Crippen molar-refractivity contribution in [3.8, 4) is 5.75 Å². The van der Waals surface area contributed by atoms with Crippen LogP contribution >= 0.6 is 15.9 Å². The highest BCUT2D eigenvalue weighted by molar-refractivity contribution is 9.10. The summed E-state index contributed by atoms with van der Waals surface area (Å²) in [4.78, 5) is 0. The molecule has 1 aromatic rings. The summed E-state index contributed by atoms with van der Waals surface area (Å²) in [6.45, 7) is 9.00. The zero-order chi connectivity index (χ0) is 15.2. The minimum absolute atomic E-state index is 0.355. The van der Waals surface area contributed by atoms with E-state index in [0.29, 0.717) is 0 Å². The Morgan fingerprint density at radius 1 is 0.895 bits per heavy atom. The summed E-state index contributed by atoms with van der Waals surface area (Å²) in [6.07, 6.45) is 0. The third-order valence-electron chi connectivity index (χ3n) is 3.33. The van der Waals surface area contributed by atoms with Crippen molar-refractivity contribution in [1.82, 2.24) is 0 Å². The van der Waals surface area contributed by atoms with Gasteiger partial charge in [0.25, 0.3) is 8.32 Å². The topological polar surface area (TPSA) is 9.23 Å². The number of benzene rings is 1. The maximum atomic E-state index is 13.7. The molecule has 0 N–H and O–H groups in total. The van der Waals surface area contributed by atoms with Crippen LogP contribution in [0.15, 0.2) is 4.47 Å². The highest BCUT2D eigenvalue weighted by atomic mass is 79.9. The molecule has 0 spiro atoms. The lowest BCUT2D eigenvalue weighted by atomic mass is 10.2. The lowest BCUT2D eigenvalue weighted by Crippen LogP contribution is -2.44. The van der Waals surface area contributed by atoms with E-state index in [4.69, 9.17) is 4.43 Å². The van der Waals surface area contributed by atoms with E-state index in [9.17, 15) is 17.6 Å². The molecule has 0 aromatic heterocycles. The summed E-state index contributed by atoms with van der Waals surface area (Å²) in [5.74, 6) is -7.00. The molecule has 0 aliphatic carbocycles. The van der Waals surface area contributed by atoms with Crippen LogP contribution in [0.5, 0.6) is 5.75 Å². The Labute approximate surface area is 119 Å². The number of hydrogen-bond donors (Lipinski definition) is 0. The first kappa shape index (κ1) is 16.5. The van der Waals surface area contributed by atoms with E-state index in [1.165, 1.54) is 0 Å². The predicted octanol–water partition coefficient (Wildman–Crippen LogP) is 5.39. The van der Waals surface area contributed by atoms with Crippen molar-refractivity contribution < 1.29 is 22.0 Å². The largest absolute Gasteiger partial charge is 0.539 e. The molecule has 108 valence electrons. The second-order valence-electron chi connectivity index (χ2n) is 5.76. The zero-order valence-electron chi connectivity index (χ0n) is 11.3. The molecule has 0 unspecified atom stereocenters. The molecule has 0 saturated carbocycles. The molecule has 1 rings (SSSR count). The van der Waals surface area contributed by atoms with Crippen LogP contribution in [-0.4, -0.2) is 8.32 Å². The van der Waals surface area contributed by atoms with Crippen LogP contribution < -0.4 is 4.43 Å². The first-order valence-electron chi connectivity index (χ1n) is 5.60. The van der Waals surface area contributed by atoms with E-state index in [1.54, 1.807) is 13.1 Å². The third-order valence-corrected chi connectivity index (χ3v) is 8.36. The Morgan fingerprint density at radius 2 is 1.26 bits per heavy atom. The van der Waals surface area contributed by atoms with Gasteiger partial charge >= 0.3 is 0 Å². The van der Waals surface area contributed by atoms with E-state index >= 15 is 0 Å². The van der Waals surface area contributed by atoms with Gasteiger partial charge in [-0.15, -0.1) is 0 Å². The fourth-order valence-corrected chi connectivity index (χ4v) is 2.43. The minimum atomic E-state index is -2.60. The summed E-state index contributed by atoms with van der Waals surface area (Å²) in [5.41, 5.74) is 0. The van der Waals surface area contributed by atoms with Gasteiger partial charge < -0.3 is 4.43 Å². The van der Waals surface area contributed by atoms with Crippen LogP contribution in [0.4, 0.5) is 17.6 Å². The molecular formula is C12H15BrF4OSi. The fraction of sp³-hybridized carbons (Fsp3) is 0.500. The van der Waals surface area contributed by atoms with Crippen molar-refractivity contribution in [3.05, 3.63) is 27.7 Å². The fourth-order valence-electron chi connectivity index (χ4n) is 1.08. The molecule has 0 heterocycles. The minimum Gasteiger partial charge on any atom is -0.539 e. The van der Waals surface area contributed by atoms with Crippen molar-refractivity contribution >= 4 is 24.2 Å². The molecule has 0 atom stereocenters. The van der Waals surface area contributed by atoms with Crippen LogP contribution in [0, 0.1) is 23.3 Å². The van der Waals surface area contributed by atoms with Gasteiger partial charge in [0.05, 0.1) is 4.47 Å². The predicted molar refractivity (Wildman–Crippen MR) is 71.8 cm³/mol. The zero-order valence-corrected chi connectivity index (χ0v) is 13.9. The van der Waals surface area contributed by atoms with Crippen LogP contribution in [0.25, 0.3) is 0 Å². The van der Waals surface area contributed by atoms with E-state index in [0.717, 1.165) is 0 Å². The Bertz CT molecular complexity index is 482.